The first-order valence-corrected chi connectivity index (χ1v) is 6.43. The van der Waals surface area contributed by atoms with Gasteiger partial charge in [-0.2, -0.15) is 0 Å². The Morgan fingerprint density at radius 3 is 2.82 bits per heavy atom. The van der Waals surface area contributed by atoms with Crippen molar-refractivity contribution >= 4 is 0 Å². The van der Waals surface area contributed by atoms with Gasteiger partial charge in [0.25, 0.3) is 0 Å². The topological polar surface area (TPSA) is 47.0 Å². The van der Waals surface area contributed by atoms with E-state index in [1.165, 1.54) is 12.8 Å². The number of nitrogens with zero attached hydrogens (tertiary/aromatic N) is 2. The van der Waals surface area contributed by atoms with Crippen LogP contribution in [0.15, 0.2) is 12.4 Å². The quantitative estimate of drug-likeness (QED) is 0.788. The summed E-state index contributed by atoms with van der Waals surface area (Å²) in [7, 11) is 1.65. The van der Waals surface area contributed by atoms with Gasteiger partial charge in [-0.25, -0.2) is 4.98 Å². The van der Waals surface area contributed by atoms with E-state index in [4.69, 9.17) is 4.74 Å². The smallest absolute Gasteiger partial charge is 0.236 e. The molecule has 2 rings (SSSR count). The van der Waals surface area contributed by atoms with Crippen molar-refractivity contribution in [1.82, 2.24) is 15.3 Å². The molecule has 1 heterocycles. The second-order valence-electron chi connectivity index (χ2n) is 4.64. The lowest BCUT2D eigenvalue weighted by atomic mass is 10.1. The van der Waals surface area contributed by atoms with Crippen molar-refractivity contribution in [3.05, 3.63) is 18.1 Å². The molecule has 0 saturated heterocycles. The first kappa shape index (κ1) is 12.3. The summed E-state index contributed by atoms with van der Waals surface area (Å²) in [5.41, 5.74) is 0.954. The molecule has 0 spiro atoms. The molecule has 1 fully saturated rings. The van der Waals surface area contributed by atoms with Gasteiger partial charge in [-0.3, -0.25) is 4.98 Å². The molecule has 1 aliphatic carbocycles. The SMILES string of the molecule is CCCNC(CC1CC1)c1nccnc1OC. The van der Waals surface area contributed by atoms with Crippen LogP contribution in [0, 0.1) is 5.92 Å². The molecule has 1 unspecified atom stereocenters. The summed E-state index contributed by atoms with van der Waals surface area (Å²) >= 11 is 0. The number of methoxy groups -OCH3 is 1. The average molecular weight is 235 g/mol. The highest BCUT2D eigenvalue weighted by Gasteiger charge is 2.28. The van der Waals surface area contributed by atoms with E-state index in [0.717, 1.165) is 31.0 Å². The van der Waals surface area contributed by atoms with Crippen LogP contribution in [0.3, 0.4) is 0 Å². The van der Waals surface area contributed by atoms with Gasteiger partial charge < -0.3 is 10.1 Å². The summed E-state index contributed by atoms with van der Waals surface area (Å²) in [6.07, 6.45) is 8.40. The fourth-order valence-electron chi connectivity index (χ4n) is 2.03. The van der Waals surface area contributed by atoms with E-state index in [2.05, 4.69) is 22.2 Å². The van der Waals surface area contributed by atoms with Gasteiger partial charge in [-0.15, -0.1) is 0 Å². The molecule has 1 N–H and O–H groups in total. The number of rotatable bonds is 7. The third-order valence-electron chi connectivity index (χ3n) is 3.12. The minimum atomic E-state index is 0.283. The van der Waals surface area contributed by atoms with Crippen molar-refractivity contribution in [3.8, 4) is 5.88 Å². The van der Waals surface area contributed by atoms with Gasteiger partial charge in [-0.1, -0.05) is 19.8 Å². The minimum absolute atomic E-state index is 0.283. The van der Waals surface area contributed by atoms with Crippen LogP contribution in [0.2, 0.25) is 0 Å². The molecule has 1 aromatic rings. The highest BCUT2D eigenvalue weighted by Crippen LogP contribution is 2.38. The Balaban J connectivity index is 2.10. The zero-order valence-corrected chi connectivity index (χ0v) is 10.6. The summed E-state index contributed by atoms with van der Waals surface area (Å²) in [4.78, 5) is 8.66. The molecule has 94 valence electrons. The summed E-state index contributed by atoms with van der Waals surface area (Å²) in [6.45, 7) is 3.19. The normalized spacial score (nSPS) is 16.8. The summed E-state index contributed by atoms with van der Waals surface area (Å²) in [5.74, 6) is 1.51. The zero-order chi connectivity index (χ0) is 12.1. The Morgan fingerprint density at radius 2 is 2.18 bits per heavy atom. The number of nitrogens with one attached hydrogen (secondary N) is 1. The van der Waals surface area contributed by atoms with Gasteiger partial charge in [0.1, 0.15) is 5.69 Å². The molecule has 0 aliphatic heterocycles. The lowest BCUT2D eigenvalue weighted by molar-refractivity contribution is 0.369. The molecule has 1 saturated carbocycles. The summed E-state index contributed by atoms with van der Waals surface area (Å²) < 4.78 is 5.29. The van der Waals surface area contributed by atoms with Crippen molar-refractivity contribution in [2.75, 3.05) is 13.7 Å². The van der Waals surface area contributed by atoms with Crippen LogP contribution < -0.4 is 10.1 Å². The van der Waals surface area contributed by atoms with E-state index < -0.39 is 0 Å². The molecule has 0 amide bonds. The van der Waals surface area contributed by atoms with Crippen LogP contribution in [-0.2, 0) is 0 Å². The van der Waals surface area contributed by atoms with E-state index in [1.807, 2.05) is 0 Å². The Labute approximate surface area is 103 Å². The van der Waals surface area contributed by atoms with E-state index in [9.17, 15) is 0 Å². The van der Waals surface area contributed by atoms with Crippen molar-refractivity contribution < 1.29 is 4.74 Å². The van der Waals surface area contributed by atoms with Crippen LogP contribution in [0.4, 0.5) is 0 Å². The van der Waals surface area contributed by atoms with Crippen LogP contribution in [0.25, 0.3) is 0 Å². The predicted octanol–water partition coefficient (Wildman–Crippen LogP) is 2.33. The summed E-state index contributed by atoms with van der Waals surface area (Å²) in [5, 5.41) is 3.55. The van der Waals surface area contributed by atoms with Crippen LogP contribution in [0.5, 0.6) is 5.88 Å². The highest BCUT2D eigenvalue weighted by atomic mass is 16.5. The monoisotopic (exact) mass is 235 g/mol. The Hall–Kier alpha value is -1.16. The molecule has 0 bridgehead atoms. The predicted molar refractivity (Wildman–Crippen MR) is 67.0 cm³/mol. The third-order valence-corrected chi connectivity index (χ3v) is 3.12. The van der Waals surface area contributed by atoms with E-state index >= 15 is 0 Å². The number of hydrogen-bond donors (Lipinski definition) is 1. The molecular formula is C13H21N3O. The average Bonchev–Trinajstić information content (AvgIpc) is 3.18. The van der Waals surface area contributed by atoms with Gasteiger partial charge in [0.15, 0.2) is 0 Å². The Kier molecular flexibility index (Phi) is 4.31. The molecule has 0 radical (unpaired) electrons. The van der Waals surface area contributed by atoms with Gasteiger partial charge in [-0.05, 0) is 25.3 Å². The molecule has 4 heteroatoms. The van der Waals surface area contributed by atoms with E-state index in [-0.39, 0.29) is 6.04 Å². The third kappa shape index (κ3) is 3.40. The van der Waals surface area contributed by atoms with Crippen molar-refractivity contribution in [2.45, 2.75) is 38.6 Å². The minimum Gasteiger partial charge on any atom is -0.480 e. The van der Waals surface area contributed by atoms with Crippen molar-refractivity contribution in [1.29, 1.82) is 0 Å². The van der Waals surface area contributed by atoms with E-state index in [0.29, 0.717) is 5.88 Å². The maximum absolute atomic E-state index is 5.29. The van der Waals surface area contributed by atoms with Crippen LogP contribution >= 0.6 is 0 Å². The van der Waals surface area contributed by atoms with Crippen molar-refractivity contribution in [3.63, 3.8) is 0 Å². The largest absolute Gasteiger partial charge is 0.480 e. The maximum atomic E-state index is 5.29. The second kappa shape index (κ2) is 5.96. The standard InChI is InChI=1S/C13H21N3O/c1-3-6-14-11(9-10-4-5-10)12-13(17-2)16-8-7-15-12/h7-8,10-11,14H,3-6,9H2,1-2H3. The Morgan fingerprint density at radius 1 is 1.41 bits per heavy atom. The number of hydrogen-bond acceptors (Lipinski definition) is 4. The summed E-state index contributed by atoms with van der Waals surface area (Å²) in [6, 6.07) is 0.283. The first-order valence-electron chi connectivity index (χ1n) is 6.43. The first-order chi connectivity index (χ1) is 8.35. The van der Waals surface area contributed by atoms with Crippen LogP contribution in [-0.4, -0.2) is 23.6 Å². The van der Waals surface area contributed by atoms with Crippen molar-refractivity contribution in [2.24, 2.45) is 5.92 Å². The van der Waals surface area contributed by atoms with Gasteiger partial charge in [0, 0.05) is 12.4 Å². The zero-order valence-electron chi connectivity index (χ0n) is 10.6. The molecule has 0 aromatic carbocycles. The molecule has 4 nitrogen and oxygen atoms in total. The number of ether oxygens (including phenoxy) is 1. The van der Waals surface area contributed by atoms with Gasteiger partial charge in [0.2, 0.25) is 5.88 Å². The van der Waals surface area contributed by atoms with E-state index in [1.54, 1.807) is 19.5 Å². The van der Waals surface area contributed by atoms with Gasteiger partial charge >= 0.3 is 0 Å². The maximum Gasteiger partial charge on any atom is 0.236 e. The molecular weight excluding hydrogens is 214 g/mol. The van der Waals surface area contributed by atoms with Gasteiger partial charge in [0.05, 0.1) is 13.2 Å². The molecule has 1 aliphatic rings. The molecule has 1 atom stereocenters. The lowest BCUT2D eigenvalue weighted by Gasteiger charge is -2.19. The molecule has 1 aromatic heterocycles. The number of aromatic nitrogens is 2. The fourth-order valence-corrected chi connectivity index (χ4v) is 2.03. The molecule has 17 heavy (non-hydrogen) atoms. The lowest BCUT2D eigenvalue weighted by Crippen LogP contribution is -2.24. The van der Waals surface area contributed by atoms with Crippen LogP contribution in [0.1, 0.15) is 44.3 Å². The fraction of sp³-hybridized carbons (Fsp3) is 0.692. The highest BCUT2D eigenvalue weighted by molar-refractivity contribution is 5.21. The Bertz CT molecular complexity index is 352. The second-order valence-corrected chi connectivity index (χ2v) is 4.64.